The van der Waals surface area contributed by atoms with Crippen LogP contribution in [0.25, 0.3) is 0 Å². The number of pyridine rings is 2. The Morgan fingerprint density at radius 1 is 1.26 bits per heavy atom. The lowest BCUT2D eigenvalue weighted by Crippen LogP contribution is -2.68. The van der Waals surface area contributed by atoms with Crippen molar-refractivity contribution >= 4 is 40.4 Å². The van der Waals surface area contributed by atoms with Crippen molar-refractivity contribution < 1.29 is 4.74 Å². The van der Waals surface area contributed by atoms with Crippen LogP contribution in [-0.2, 0) is 0 Å². The van der Waals surface area contributed by atoms with Crippen LogP contribution in [0.3, 0.4) is 0 Å². The Kier molecular flexibility index (Phi) is 7.19. The molecule has 0 radical (unpaired) electrons. The Balaban J connectivity index is 1.32. The molecule has 0 spiro atoms. The average molecular weight is 550 g/mol. The summed E-state index contributed by atoms with van der Waals surface area (Å²) in [5.74, 6) is 1.95. The molecule has 2 aliphatic rings. The minimum atomic E-state index is -0.462. The fraction of sp³-hybridized carbons (Fsp3) is 0.357. The number of halogens is 2. The summed E-state index contributed by atoms with van der Waals surface area (Å²) < 4.78 is 6.09. The lowest BCUT2D eigenvalue weighted by Gasteiger charge is -2.49. The van der Waals surface area contributed by atoms with Gasteiger partial charge in [0.1, 0.15) is 23.7 Å². The van der Waals surface area contributed by atoms with E-state index >= 15 is 0 Å². The molecule has 1 aliphatic carbocycles. The van der Waals surface area contributed by atoms with Gasteiger partial charge in [0.15, 0.2) is 0 Å². The molecule has 1 aromatic carbocycles. The Morgan fingerprint density at radius 2 is 1.97 bits per heavy atom. The van der Waals surface area contributed by atoms with Crippen LogP contribution in [-0.4, -0.2) is 40.9 Å². The minimum Gasteiger partial charge on any atom is -0.486 e. The third kappa shape index (κ3) is 5.41. The van der Waals surface area contributed by atoms with E-state index in [9.17, 15) is 5.26 Å². The number of rotatable bonds is 9. The highest BCUT2D eigenvalue weighted by Gasteiger charge is 2.41. The highest BCUT2D eigenvalue weighted by atomic mass is 35.5. The maximum Gasteiger partial charge on any atom is 0.146 e. The summed E-state index contributed by atoms with van der Waals surface area (Å²) in [6, 6.07) is 9.06. The van der Waals surface area contributed by atoms with Crippen LogP contribution in [0.5, 0.6) is 5.75 Å². The van der Waals surface area contributed by atoms with Crippen LogP contribution in [0, 0.1) is 22.7 Å². The van der Waals surface area contributed by atoms with E-state index in [2.05, 4.69) is 33.2 Å². The van der Waals surface area contributed by atoms with Crippen molar-refractivity contribution in [2.75, 3.05) is 30.3 Å². The molecule has 1 aliphatic heterocycles. The first kappa shape index (κ1) is 26.2. The lowest BCUT2D eigenvalue weighted by atomic mass is 9.91. The lowest BCUT2D eigenvalue weighted by molar-refractivity contribution is 0.227. The summed E-state index contributed by atoms with van der Waals surface area (Å²) in [6.45, 7) is 6.66. The Hall–Kier alpha value is -3.38. The van der Waals surface area contributed by atoms with Crippen molar-refractivity contribution in [3.8, 4) is 11.8 Å². The average Bonchev–Trinajstić information content (AvgIpc) is 3.71. The Bertz CT molecular complexity index is 1410. The van der Waals surface area contributed by atoms with Crippen LogP contribution in [0.4, 0.5) is 11.5 Å². The van der Waals surface area contributed by atoms with E-state index in [1.54, 1.807) is 30.5 Å². The van der Waals surface area contributed by atoms with Gasteiger partial charge < -0.3 is 20.7 Å². The molecule has 3 heterocycles. The smallest absolute Gasteiger partial charge is 0.146 e. The van der Waals surface area contributed by atoms with E-state index in [0.29, 0.717) is 49.6 Å². The fourth-order valence-corrected chi connectivity index (χ4v) is 5.42. The molecule has 196 valence electrons. The normalized spacial score (nSPS) is 16.9. The van der Waals surface area contributed by atoms with E-state index in [4.69, 9.17) is 39.1 Å². The van der Waals surface area contributed by atoms with Crippen molar-refractivity contribution in [3.05, 3.63) is 75.2 Å². The number of nitrogen functional groups attached to an aromatic ring is 1. The number of anilines is 2. The first-order valence-electron chi connectivity index (χ1n) is 12.5. The second-order valence-corrected chi connectivity index (χ2v) is 11.2. The molecule has 38 heavy (non-hydrogen) atoms. The van der Waals surface area contributed by atoms with Crippen molar-refractivity contribution in [1.29, 1.82) is 10.7 Å². The molecular weight excluding hydrogens is 521 g/mol. The van der Waals surface area contributed by atoms with Gasteiger partial charge >= 0.3 is 0 Å². The molecule has 2 aromatic heterocycles. The monoisotopic (exact) mass is 549 g/mol. The van der Waals surface area contributed by atoms with Crippen LogP contribution < -0.4 is 20.7 Å². The van der Waals surface area contributed by atoms with Crippen molar-refractivity contribution in [2.45, 2.75) is 38.3 Å². The van der Waals surface area contributed by atoms with Crippen LogP contribution >= 0.6 is 23.2 Å². The summed E-state index contributed by atoms with van der Waals surface area (Å²) in [7, 11) is 0. The predicted octanol–water partition coefficient (Wildman–Crippen LogP) is 5.37. The van der Waals surface area contributed by atoms with Crippen LogP contribution in [0.2, 0.25) is 10.0 Å². The summed E-state index contributed by atoms with van der Waals surface area (Å²) in [6.07, 6.45) is 6.82. The maximum absolute atomic E-state index is 9.86. The molecule has 10 heteroatoms. The van der Waals surface area contributed by atoms with Gasteiger partial charge in [-0.3, -0.25) is 10.4 Å². The number of nitrogens with two attached hydrogens (primary N) is 1. The minimum absolute atomic E-state index is 0.0269. The number of aromatic nitrogens is 2. The molecule has 2 fully saturated rings. The van der Waals surface area contributed by atoms with E-state index in [1.807, 2.05) is 6.92 Å². The molecule has 1 saturated heterocycles. The summed E-state index contributed by atoms with van der Waals surface area (Å²) in [5.41, 5.74) is 8.85. The largest absolute Gasteiger partial charge is 0.486 e. The van der Waals surface area contributed by atoms with Crippen LogP contribution in [0.1, 0.15) is 55.0 Å². The molecule has 4 N–H and O–H groups in total. The highest BCUT2D eigenvalue weighted by molar-refractivity contribution is 6.35. The third-order valence-electron chi connectivity index (χ3n) is 7.07. The maximum atomic E-state index is 9.86. The number of benzene rings is 1. The van der Waals surface area contributed by atoms with Crippen molar-refractivity contribution in [3.63, 3.8) is 0 Å². The predicted molar refractivity (Wildman–Crippen MR) is 150 cm³/mol. The Morgan fingerprint density at radius 3 is 2.63 bits per heavy atom. The van der Waals surface area contributed by atoms with E-state index < -0.39 is 6.10 Å². The number of ether oxygens (including phenoxy) is 1. The second-order valence-electron chi connectivity index (χ2n) is 10.3. The topological polar surface area (TPSA) is 124 Å². The molecular formula is C28H29Cl2N7O. The summed E-state index contributed by atoms with van der Waals surface area (Å²) in [5, 5.41) is 23.2. The number of hydrogen-bond acceptors (Lipinski definition) is 8. The first-order chi connectivity index (χ1) is 18.2. The van der Waals surface area contributed by atoms with Gasteiger partial charge in [0.2, 0.25) is 0 Å². The zero-order valence-electron chi connectivity index (χ0n) is 21.3. The van der Waals surface area contributed by atoms with E-state index in [0.717, 1.165) is 25.6 Å². The zero-order chi connectivity index (χ0) is 27.0. The molecule has 0 bridgehead atoms. The molecule has 0 unspecified atom stereocenters. The van der Waals surface area contributed by atoms with Gasteiger partial charge in [0.05, 0.1) is 26.9 Å². The van der Waals surface area contributed by atoms with E-state index in [-0.39, 0.29) is 11.3 Å². The number of nitrogens with one attached hydrogen (secondary N) is 2. The van der Waals surface area contributed by atoms with Gasteiger partial charge in [-0.2, -0.15) is 5.26 Å². The first-order valence-corrected chi connectivity index (χ1v) is 13.3. The molecule has 5 rings (SSSR count). The summed E-state index contributed by atoms with van der Waals surface area (Å²) >= 11 is 12.6. The van der Waals surface area contributed by atoms with Gasteiger partial charge in [0, 0.05) is 54.1 Å². The number of nitrogens with zero attached hydrogens (tertiary/aromatic N) is 4. The zero-order valence-corrected chi connectivity index (χ0v) is 22.8. The molecule has 8 nitrogen and oxygen atoms in total. The molecule has 3 aromatic rings. The molecule has 1 saturated carbocycles. The van der Waals surface area contributed by atoms with Crippen molar-refractivity contribution in [1.82, 2.24) is 15.3 Å². The van der Waals surface area contributed by atoms with Gasteiger partial charge in [-0.1, -0.05) is 23.2 Å². The van der Waals surface area contributed by atoms with Gasteiger partial charge in [-0.05, 0) is 63.4 Å². The second kappa shape index (κ2) is 10.4. The number of nitriles is 1. The van der Waals surface area contributed by atoms with Gasteiger partial charge in [-0.15, -0.1) is 0 Å². The summed E-state index contributed by atoms with van der Waals surface area (Å²) in [4.78, 5) is 10.7. The van der Waals surface area contributed by atoms with E-state index in [1.165, 1.54) is 25.2 Å². The number of hydrogen-bond donors (Lipinski definition) is 3. The third-order valence-corrected chi connectivity index (χ3v) is 7.68. The van der Waals surface area contributed by atoms with Gasteiger partial charge in [0.25, 0.3) is 0 Å². The highest BCUT2D eigenvalue weighted by Crippen LogP contribution is 2.35. The van der Waals surface area contributed by atoms with Crippen LogP contribution in [0.15, 0.2) is 42.9 Å². The van der Waals surface area contributed by atoms with Crippen molar-refractivity contribution in [2.24, 2.45) is 5.92 Å². The SMILES string of the molecule is C[C@@H](Oc1ccc(N)c(C(=N)c2cnc(N3CC(C)(NCC4CC4)C3)c(C#N)c2)c1)c1c(Cl)cncc1Cl. The van der Waals surface area contributed by atoms with Gasteiger partial charge in [-0.25, -0.2) is 4.98 Å². The Labute approximate surface area is 232 Å². The molecule has 0 amide bonds. The molecule has 1 atom stereocenters. The quantitative estimate of drug-likeness (QED) is 0.242. The fourth-order valence-electron chi connectivity index (χ4n) is 4.75. The standard InChI is InChI=1S/C28H29Cl2N7O/c1-16(25-22(29)12-34-13-23(25)30)38-20-5-6-24(32)21(8-20)26(33)19-7-18(9-31)27(35-11-19)37-14-28(2,15-37)36-10-17-3-4-17/h5-8,11-13,16-17,33,36H,3-4,10,14-15,32H2,1-2H3/t16-/m1/s1.